The van der Waals surface area contributed by atoms with Gasteiger partial charge in [0.1, 0.15) is 11.5 Å². The van der Waals surface area contributed by atoms with E-state index in [0.717, 1.165) is 61.5 Å². The fourth-order valence-corrected chi connectivity index (χ4v) is 4.55. The van der Waals surface area contributed by atoms with Crippen LogP contribution in [0.2, 0.25) is 0 Å². The highest BCUT2D eigenvalue weighted by molar-refractivity contribution is 5.85. The molecule has 0 spiro atoms. The lowest BCUT2D eigenvalue weighted by molar-refractivity contribution is 0.218. The van der Waals surface area contributed by atoms with Gasteiger partial charge in [-0.25, -0.2) is 0 Å². The fourth-order valence-electron chi connectivity index (χ4n) is 4.55. The highest BCUT2D eigenvalue weighted by Gasteiger charge is 2.13. The number of rotatable bonds is 6. The number of halogens is 2. The van der Waals surface area contributed by atoms with Crippen molar-refractivity contribution in [3.63, 3.8) is 0 Å². The monoisotopic (exact) mass is 478 g/mol. The molecule has 4 rings (SSSR count). The van der Waals surface area contributed by atoms with Gasteiger partial charge in [0, 0.05) is 24.2 Å². The number of aromatic hydroxyl groups is 2. The van der Waals surface area contributed by atoms with Crippen molar-refractivity contribution in [1.29, 1.82) is 0 Å². The summed E-state index contributed by atoms with van der Waals surface area (Å²) in [4.78, 5) is 4.84. The van der Waals surface area contributed by atoms with Gasteiger partial charge in [-0.1, -0.05) is 49.3 Å². The van der Waals surface area contributed by atoms with Crippen LogP contribution in [-0.2, 0) is 13.1 Å². The molecule has 0 saturated carbocycles. The molecule has 0 atom stereocenters. The van der Waals surface area contributed by atoms with E-state index in [4.69, 9.17) is 0 Å². The van der Waals surface area contributed by atoms with Gasteiger partial charge in [-0.15, -0.1) is 24.8 Å². The maximum atomic E-state index is 10.5. The Bertz CT molecular complexity index is 805. The van der Waals surface area contributed by atoms with Gasteiger partial charge in [0.05, 0.1) is 0 Å². The molecule has 4 nitrogen and oxygen atoms in total. The highest BCUT2D eigenvalue weighted by atomic mass is 35.5. The highest BCUT2D eigenvalue weighted by Crippen LogP contribution is 2.25. The molecule has 176 valence electrons. The third kappa shape index (κ3) is 7.41. The van der Waals surface area contributed by atoms with Gasteiger partial charge in [-0.05, 0) is 75.1 Å². The average molecular weight is 479 g/mol. The molecule has 2 aromatic rings. The van der Waals surface area contributed by atoms with Crippen molar-refractivity contribution in [2.75, 3.05) is 26.2 Å². The summed E-state index contributed by atoms with van der Waals surface area (Å²) in [6, 6.07) is 11.8. The molecule has 0 amide bonds. The molecular formula is C26H36Cl2N2O2. The molecule has 0 aromatic heterocycles. The van der Waals surface area contributed by atoms with Crippen LogP contribution >= 0.6 is 24.8 Å². The van der Waals surface area contributed by atoms with Crippen LogP contribution in [0.25, 0.3) is 12.2 Å². The van der Waals surface area contributed by atoms with E-state index >= 15 is 0 Å². The van der Waals surface area contributed by atoms with Crippen LogP contribution in [0, 0.1) is 0 Å². The summed E-state index contributed by atoms with van der Waals surface area (Å²) in [5.74, 6) is 0.727. The van der Waals surface area contributed by atoms with Crippen molar-refractivity contribution >= 4 is 37.0 Å². The lowest BCUT2D eigenvalue weighted by Gasteiger charge is -2.26. The van der Waals surface area contributed by atoms with Gasteiger partial charge < -0.3 is 10.2 Å². The van der Waals surface area contributed by atoms with Gasteiger partial charge in [0.25, 0.3) is 0 Å². The zero-order valence-electron chi connectivity index (χ0n) is 18.7. The predicted octanol–water partition coefficient (Wildman–Crippen LogP) is 6.08. The average Bonchev–Trinajstić information content (AvgIpc) is 2.77. The normalized spacial score (nSPS) is 17.6. The summed E-state index contributed by atoms with van der Waals surface area (Å²) in [7, 11) is 0. The molecule has 2 fully saturated rings. The van der Waals surface area contributed by atoms with Crippen molar-refractivity contribution in [2.45, 2.75) is 51.6 Å². The Hall–Kier alpha value is -1.72. The molecule has 0 radical (unpaired) electrons. The second kappa shape index (κ2) is 13.1. The van der Waals surface area contributed by atoms with E-state index in [1.54, 1.807) is 0 Å². The molecular weight excluding hydrogens is 443 g/mol. The second-order valence-corrected chi connectivity index (χ2v) is 8.78. The van der Waals surface area contributed by atoms with Crippen molar-refractivity contribution in [2.24, 2.45) is 0 Å². The summed E-state index contributed by atoms with van der Waals surface area (Å²) >= 11 is 0. The van der Waals surface area contributed by atoms with Crippen LogP contribution in [0.5, 0.6) is 11.5 Å². The number of phenolic OH excluding ortho intramolecular Hbond substituents is 2. The molecule has 2 heterocycles. The molecule has 0 aliphatic carbocycles. The first kappa shape index (κ1) is 26.5. The van der Waals surface area contributed by atoms with Crippen molar-refractivity contribution in [3.05, 3.63) is 58.7 Å². The summed E-state index contributed by atoms with van der Waals surface area (Å²) in [6.07, 6.45) is 11.6. The zero-order chi connectivity index (χ0) is 20.8. The van der Waals surface area contributed by atoms with Crippen molar-refractivity contribution < 1.29 is 10.2 Å². The molecule has 2 aliphatic rings. The second-order valence-electron chi connectivity index (χ2n) is 8.78. The molecule has 2 aromatic carbocycles. The number of benzene rings is 2. The van der Waals surface area contributed by atoms with Gasteiger partial charge >= 0.3 is 0 Å². The van der Waals surface area contributed by atoms with Gasteiger partial charge in [0.2, 0.25) is 0 Å². The Balaban J connectivity index is 0.00000181. The summed E-state index contributed by atoms with van der Waals surface area (Å²) in [5, 5.41) is 20.9. The summed E-state index contributed by atoms with van der Waals surface area (Å²) in [5.41, 5.74) is 3.92. The van der Waals surface area contributed by atoms with Crippen molar-refractivity contribution in [1.82, 2.24) is 9.80 Å². The van der Waals surface area contributed by atoms with Crippen LogP contribution in [-0.4, -0.2) is 46.2 Å². The largest absolute Gasteiger partial charge is 0.508 e. The standard InChI is InChI=1S/C26H34N2O2.2ClH/c29-25-17-21(9-11-23(25)19-27-13-3-1-4-14-27)7-8-22-10-12-24(26(30)18-22)20-28-15-5-2-6-16-28;;/h7-12,17-18,29-30H,1-6,13-16,19-20H2;2*1H/b8-7+;;. The molecule has 2 saturated heterocycles. The van der Waals surface area contributed by atoms with Gasteiger partial charge in [-0.2, -0.15) is 0 Å². The number of hydrogen-bond acceptors (Lipinski definition) is 4. The Morgan fingerprint density at radius 3 is 1.31 bits per heavy atom. The summed E-state index contributed by atoms with van der Waals surface area (Å²) < 4.78 is 0. The number of nitrogens with zero attached hydrogens (tertiary/aromatic N) is 2. The maximum Gasteiger partial charge on any atom is 0.120 e. The van der Waals surface area contributed by atoms with Crippen LogP contribution in [0.1, 0.15) is 60.8 Å². The third-order valence-electron chi connectivity index (χ3n) is 6.37. The molecule has 2 N–H and O–H groups in total. The minimum Gasteiger partial charge on any atom is -0.508 e. The van der Waals surface area contributed by atoms with Gasteiger partial charge in [0.15, 0.2) is 0 Å². The smallest absolute Gasteiger partial charge is 0.120 e. The van der Waals surface area contributed by atoms with Gasteiger partial charge in [-0.3, -0.25) is 9.80 Å². The lowest BCUT2D eigenvalue weighted by atomic mass is 10.0. The first-order valence-corrected chi connectivity index (χ1v) is 11.4. The van der Waals surface area contributed by atoms with E-state index < -0.39 is 0 Å². The topological polar surface area (TPSA) is 46.9 Å². The molecule has 2 aliphatic heterocycles. The number of phenols is 2. The van der Waals surface area contributed by atoms with Crippen LogP contribution in [0.3, 0.4) is 0 Å². The van der Waals surface area contributed by atoms with E-state index in [9.17, 15) is 10.2 Å². The Kier molecular flexibility index (Phi) is 10.9. The van der Waals surface area contributed by atoms with Crippen LogP contribution < -0.4 is 0 Å². The molecule has 6 heteroatoms. The van der Waals surface area contributed by atoms with E-state index in [-0.39, 0.29) is 24.8 Å². The van der Waals surface area contributed by atoms with Crippen LogP contribution in [0.4, 0.5) is 0 Å². The van der Waals surface area contributed by atoms with E-state index in [1.165, 1.54) is 38.5 Å². The Labute approximate surface area is 204 Å². The molecule has 32 heavy (non-hydrogen) atoms. The van der Waals surface area contributed by atoms with Crippen LogP contribution in [0.15, 0.2) is 36.4 Å². The molecule has 0 unspecified atom stereocenters. The first-order valence-electron chi connectivity index (χ1n) is 11.4. The zero-order valence-corrected chi connectivity index (χ0v) is 20.3. The number of likely N-dealkylation sites (tertiary alicyclic amines) is 2. The van der Waals surface area contributed by atoms with E-state index in [0.29, 0.717) is 11.5 Å². The maximum absolute atomic E-state index is 10.5. The lowest BCUT2D eigenvalue weighted by Crippen LogP contribution is -2.29. The first-order chi connectivity index (χ1) is 14.7. The summed E-state index contributed by atoms with van der Waals surface area (Å²) in [6.45, 7) is 6.14. The fraction of sp³-hybridized carbons (Fsp3) is 0.462. The van der Waals surface area contributed by atoms with E-state index in [1.807, 2.05) is 36.4 Å². The Morgan fingerprint density at radius 2 is 0.969 bits per heavy atom. The molecule has 0 bridgehead atoms. The predicted molar refractivity (Wildman–Crippen MR) is 138 cm³/mol. The van der Waals surface area contributed by atoms with Crippen molar-refractivity contribution in [3.8, 4) is 11.5 Å². The third-order valence-corrected chi connectivity index (χ3v) is 6.37. The number of hydrogen-bond donors (Lipinski definition) is 2. The minimum absolute atomic E-state index is 0. The number of piperidine rings is 2. The Morgan fingerprint density at radius 1 is 0.594 bits per heavy atom. The van der Waals surface area contributed by atoms with E-state index in [2.05, 4.69) is 21.9 Å². The minimum atomic E-state index is 0. The quantitative estimate of drug-likeness (QED) is 0.493. The SMILES string of the molecule is Cl.Cl.Oc1cc(/C=C/c2ccc(CN3CCCCC3)c(O)c2)ccc1CN1CCCCC1.